The Balaban J connectivity index is 1.82. The molecule has 0 bridgehead atoms. The van der Waals surface area contributed by atoms with Gasteiger partial charge >= 0.3 is 0 Å². The minimum atomic E-state index is 0.0667. The summed E-state index contributed by atoms with van der Waals surface area (Å²) in [6.45, 7) is 2.81. The summed E-state index contributed by atoms with van der Waals surface area (Å²) in [6.07, 6.45) is 1.13. The van der Waals surface area contributed by atoms with Gasteiger partial charge in [0.2, 0.25) is 5.91 Å². The highest BCUT2D eigenvalue weighted by molar-refractivity contribution is 6.36. The molecule has 0 unspecified atom stereocenters. The van der Waals surface area contributed by atoms with Gasteiger partial charge in [-0.25, -0.2) is 0 Å². The molecule has 0 N–H and O–H groups in total. The fraction of sp³-hybridized carbons (Fsp3) is 0.278. The maximum atomic E-state index is 12.7. The Morgan fingerprint density at radius 3 is 2.55 bits per heavy atom. The molecule has 1 heterocycles. The van der Waals surface area contributed by atoms with Crippen molar-refractivity contribution in [2.75, 3.05) is 6.54 Å². The zero-order chi connectivity index (χ0) is 15.7. The Labute approximate surface area is 140 Å². The van der Waals surface area contributed by atoms with Crippen LogP contribution in [0.5, 0.6) is 0 Å². The molecular formula is C18H17Cl2NO. The highest BCUT2D eigenvalue weighted by Crippen LogP contribution is 2.31. The molecule has 0 aromatic heterocycles. The van der Waals surface area contributed by atoms with Gasteiger partial charge in [-0.15, -0.1) is 0 Å². The molecule has 1 aliphatic heterocycles. The second-order valence-electron chi connectivity index (χ2n) is 5.59. The third-order valence-electron chi connectivity index (χ3n) is 4.30. The SMILES string of the molecule is C[C@H]1c2ccccc2CCN1C(=O)Cc1c(Cl)cccc1Cl. The van der Waals surface area contributed by atoms with E-state index in [2.05, 4.69) is 19.1 Å². The van der Waals surface area contributed by atoms with Crippen molar-refractivity contribution in [1.29, 1.82) is 0 Å². The van der Waals surface area contributed by atoms with Crippen LogP contribution in [0.3, 0.4) is 0 Å². The Morgan fingerprint density at radius 2 is 1.82 bits per heavy atom. The third kappa shape index (κ3) is 2.86. The maximum Gasteiger partial charge on any atom is 0.227 e. The lowest BCUT2D eigenvalue weighted by molar-refractivity contribution is -0.133. The van der Waals surface area contributed by atoms with E-state index in [1.54, 1.807) is 18.2 Å². The van der Waals surface area contributed by atoms with Gasteiger partial charge in [0.05, 0.1) is 12.5 Å². The van der Waals surface area contributed by atoms with Gasteiger partial charge in [-0.1, -0.05) is 53.5 Å². The van der Waals surface area contributed by atoms with E-state index in [4.69, 9.17) is 23.2 Å². The summed E-state index contributed by atoms with van der Waals surface area (Å²) < 4.78 is 0. The molecule has 114 valence electrons. The number of benzene rings is 2. The summed E-state index contributed by atoms with van der Waals surface area (Å²) >= 11 is 12.3. The molecule has 2 aromatic carbocycles. The summed E-state index contributed by atoms with van der Waals surface area (Å²) in [5.74, 6) is 0.0667. The number of hydrogen-bond acceptors (Lipinski definition) is 1. The summed E-state index contributed by atoms with van der Waals surface area (Å²) in [4.78, 5) is 14.6. The van der Waals surface area contributed by atoms with E-state index in [9.17, 15) is 4.79 Å². The highest BCUT2D eigenvalue weighted by Gasteiger charge is 2.27. The van der Waals surface area contributed by atoms with Gasteiger partial charge in [-0.2, -0.15) is 0 Å². The number of hydrogen-bond donors (Lipinski definition) is 0. The van der Waals surface area contributed by atoms with Crippen LogP contribution in [0.15, 0.2) is 42.5 Å². The maximum absolute atomic E-state index is 12.7. The molecule has 0 aliphatic carbocycles. The Hall–Kier alpha value is -1.51. The van der Waals surface area contributed by atoms with Crippen LogP contribution in [0.4, 0.5) is 0 Å². The van der Waals surface area contributed by atoms with Crippen molar-refractivity contribution < 1.29 is 4.79 Å². The lowest BCUT2D eigenvalue weighted by Crippen LogP contribution is -2.39. The number of rotatable bonds is 2. The number of carbonyl (C=O) groups is 1. The molecule has 22 heavy (non-hydrogen) atoms. The summed E-state index contributed by atoms with van der Waals surface area (Å²) in [5, 5.41) is 1.09. The van der Waals surface area contributed by atoms with Crippen LogP contribution in [0.1, 0.15) is 29.7 Å². The number of amides is 1. The Bertz CT molecular complexity index is 694. The normalized spacial score (nSPS) is 17.2. The standard InChI is InChI=1S/C18H17Cl2NO/c1-12-14-6-3-2-5-13(14)9-10-21(12)18(22)11-15-16(19)7-4-8-17(15)20/h2-8,12H,9-11H2,1H3/t12-/m0/s1. The highest BCUT2D eigenvalue weighted by atomic mass is 35.5. The summed E-state index contributed by atoms with van der Waals surface area (Å²) in [7, 11) is 0. The lowest BCUT2D eigenvalue weighted by atomic mass is 9.93. The molecule has 4 heteroatoms. The van der Waals surface area contributed by atoms with Crippen LogP contribution in [-0.4, -0.2) is 17.4 Å². The molecule has 0 radical (unpaired) electrons. The predicted octanol–water partition coefficient (Wildman–Crippen LogP) is 4.68. The first kappa shape index (κ1) is 15.4. The number of fused-ring (bicyclic) bond motifs is 1. The van der Waals surface area contributed by atoms with E-state index in [-0.39, 0.29) is 18.4 Å². The van der Waals surface area contributed by atoms with E-state index in [0.717, 1.165) is 13.0 Å². The molecule has 0 spiro atoms. The molecule has 0 fully saturated rings. The van der Waals surface area contributed by atoms with Crippen molar-refractivity contribution >= 4 is 29.1 Å². The number of carbonyl (C=O) groups excluding carboxylic acids is 1. The number of nitrogens with zero attached hydrogens (tertiary/aromatic N) is 1. The van der Waals surface area contributed by atoms with Crippen molar-refractivity contribution in [2.24, 2.45) is 0 Å². The molecule has 1 atom stereocenters. The average Bonchev–Trinajstić information content (AvgIpc) is 2.51. The van der Waals surface area contributed by atoms with Crippen molar-refractivity contribution in [3.8, 4) is 0 Å². The molecule has 1 aliphatic rings. The quantitative estimate of drug-likeness (QED) is 0.781. The summed E-state index contributed by atoms with van der Waals surface area (Å²) in [6, 6.07) is 13.7. The predicted molar refractivity (Wildman–Crippen MR) is 90.4 cm³/mol. The van der Waals surface area contributed by atoms with Crippen molar-refractivity contribution in [3.63, 3.8) is 0 Å². The lowest BCUT2D eigenvalue weighted by Gasteiger charge is -2.35. The molecule has 2 aromatic rings. The fourth-order valence-electron chi connectivity index (χ4n) is 3.07. The first-order valence-electron chi connectivity index (χ1n) is 7.38. The van der Waals surface area contributed by atoms with Crippen LogP contribution in [0.25, 0.3) is 0 Å². The van der Waals surface area contributed by atoms with Gasteiger partial charge in [-0.3, -0.25) is 4.79 Å². The Morgan fingerprint density at radius 1 is 1.14 bits per heavy atom. The molecule has 2 nitrogen and oxygen atoms in total. The number of halogens is 2. The third-order valence-corrected chi connectivity index (χ3v) is 5.01. The van der Waals surface area contributed by atoms with E-state index in [1.807, 2.05) is 17.0 Å². The van der Waals surface area contributed by atoms with Crippen LogP contribution < -0.4 is 0 Å². The molecular weight excluding hydrogens is 317 g/mol. The van der Waals surface area contributed by atoms with Gasteiger partial charge in [0.15, 0.2) is 0 Å². The van der Waals surface area contributed by atoms with Crippen LogP contribution >= 0.6 is 23.2 Å². The first-order valence-corrected chi connectivity index (χ1v) is 8.13. The minimum Gasteiger partial charge on any atom is -0.335 e. The second kappa shape index (κ2) is 6.31. The van der Waals surface area contributed by atoms with Crippen molar-refractivity contribution in [1.82, 2.24) is 4.90 Å². The first-order chi connectivity index (χ1) is 10.6. The molecule has 0 saturated carbocycles. The van der Waals surface area contributed by atoms with Gasteiger partial charge < -0.3 is 4.90 Å². The van der Waals surface area contributed by atoms with Crippen molar-refractivity contribution in [2.45, 2.75) is 25.8 Å². The zero-order valence-corrected chi connectivity index (χ0v) is 13.9. The van der Waals surface area contributed by atoms with Crippen LogP contribution in [0, 0.1) is 0 Å². The Kier molecular flexibility index (Phi) is 4.42. The average molecular weight is 334 g/mol. The molecule has 1 amide bonds. The minimum absolute atomic E-state index is 0.0667. The largest absolute Gasteiger partial charge is 0.335 e. The topological polar surface area (TPSA) is 20.3 Å². The zero-order valence-electron chi connectivity index (χ0n) is 12.4. The summed E-state index contributed by atoms with van der Waals surface area (Å²) in [5.41, 5.74) is 3.27. The van der Waals surface area contributed by atoms with Gasteiger partial charge in [-0.05, 0) is 42.2 Å². The van der Waals surface area contributed by atoms with E-state index in [0.29, 0.717) is 15.6 Å². The van der Waals surface area contributed by atoms with Crippen LogP contribution in [0.2, 0.25) is 10.0 Å². The van der Waals surface area contributed by atoms with Crippen LogP contribution in [-0.2, 0) is 17.6 Å². The van der Waals surface area contributed by atoms with Crippen molar-refractivity contribution in [3.05, 3.63) is 69.2 Å². The van der Waals surface area contributed by atoms with E-state index >= 15 is 0 Å². The smallest absolute Gasteiger partial charge is 0.227 e. The van der Waals surface area contributed by atoms with Gasteiger partial charge in [0.25, 0.3) is 0 Å². The second-order valence-corrected chi connectivity index (χ2v) is 6.40. The fourth-order valence-corrected chi connectivity index (χ4v) is 3.60. The van der Waals surface area contributed by atoms with E-state index in [1.165, 1.54) is 11.1 Å². The van der Waals surface area contributed by atoms with Gasteiger partial charge in [0, 0.05) is 16.6 Å². The van der Waals surface area contributed by atoms with Gasteiger partial charge in [0.1, 0.15) is 0 Å². The molecule has 3 rings (SSSR count). The van der Waals surface area contributed by atoms with E-state index < -0.39 is 0 Å². The molecule has 0 saturated heterocycles. The monoisotopic (exact) mass is 333 g/mol.